The molecule has 6 N–H and O–H groups in total. The maximum Gasteiger partial charge on any atom is 0.335 e. The number of nitrogens with one attached hydrogen (secondary N) is 1. The number of aromatic nitrogens is 2. The fraction of sp³-hybridized carbons (Fsp3) is 0.269. The van der Waals surface area contributed by atoms with Gasteiger partial charge in [-0.1, -0.05) is 24.3 Å². The van der Waals surface area contributed by atoms with Gasteiger partial charge in [-0.15, -0.1) is 0 Å². The summed E-state index contributed by atoms with van der Waals surface area (Å²) in [4.78, 5) is 45.9. The SMILES string of the molecule is Cc1cc(CNC(=O)c2cc(CN(CC(N)=O)[C@@H](C)c3ccc(C(=O)O)c(C)c3)nc(N)n2)ccc1F. The Morgan fingerprint density at radius 3 is 2.43 bits per heavy atom. The van der Waals surface area contributed by atoms with Crippen LogP contribution in [0.3, 0.4) is 0 Å². The summed E-state index contributed by atoms with van der Waals surface area (Å²) in [6.07, 6.45) is 0. The highest BCUT2D eigenvalue weighted by Gasteiger charge is 2.21. The molecule has 3 aromatic rings. The summed E-state index contributed by atoms with van der Waals surface area (Å²) < 4.78 is 13.5. The molecule has 3 rings (SSSR count). The van der Waals surface area contributed by atoms with Crippen molar-refractivity contribution in [1.82, 2.24) is 20.2 Å². The molecule has 0 bridgehead atoms. The number of nitrogen functional groups attached to an aromatic ring is 1. The van der Waals surface area contributed by atoms with Crippen molar-refractivity contribution in [2.45, 2.75) is 39.9 Å². The number of carbonyl (C=O) groups excluding carboxylic acids is 2. The number of hydrogen-bond donors (Lipinski definition) is 4. The van der Waals surface area contributed by atoms with Crippen molar-refractivity contribution >= 4 is 23.7 Å². The van der Waals surface area contributed by atoms with E-state index in [0.29, 0.717) is 16.8 Å². The monoisotopic (exact) mass is 508 g/mol. The third-order valence-corrected chi connectivity index (χ3v) is 5.94. The van der Waals surface area contributed by atoms with E-state index in [1.807, 2.05) is 6.92 Å². The van der Waals surface area contributed by atoms with E-state index in [1.54, 1.807) is 43.0 Å². The number of nitrogens with zero attached hydrogens (tertiary/aromatic N) is 3. The minimum atomic E-state index is -1.03. The zero-order valence-corrected chi connectivity index (χ0v) is 20.8. The second-order valence-corrected chi connectivity index (χ2v) is 8.80. The number of benzene rings is 2. The van der Waals surface area contributed by atoms with Crippen LogP contribution < -0.4 is 16.8 Å². The van der Waals surface area contributed by atoms with Crippen LogP contribution in [0.1, 0.15) is 61.8 Å². The summed E-state index contributed by atoms with van der Waals surface area (Å²) >= 11 is 0. The number of aryl methyl sites for hydroxylation is 2. The van der Waals surface area contributed by atoms with Gasteiger partial charge in [0.25, 0.3) is 5.91 Å². The third kappa shape index (κ3) is 7.07. The van der Waals surface area contributed by atoms with Crippen LogP contribution in [0.5, 0.6) is 0 Å². The molecule has 0 saturated carbocycles. The molecule has 0 spiro atoms. The number of carbonyl (C=O) groups is 3. The van der Waals surface area contributed by atoms with E-state index in [0.717, 1.165) is 11.1 Å². The number of anilines is 1. The molecule has 0 aliphatic carbocycles. The van der Waals surface area contributed by atoms with E-state index in [-0.39, 0.29) is 48.7 Å². The molecule has 0 aliphatic rings. The van der Waals surface area contributed by atoms with Gasteiger partial charge in [0, 0.05) is 19.1 Å². The Bertz CT molecular complexity index is 1350. The van der Waals surface area contributed by atoms with E-state index in [2.05, 4.69) is 15.3 Å². The standard InChI is InChI=1S/C26H29FN6O4/c1-14-9-18(5-6-20(14)25(36)37)16(3)33(13-23(28)34)12-19-10-22(32-26(29)31-19)24(35)30-11-17-4-7-21(27)15(2)8-17/h4-10,16H,11-13H2,1-3H3,(H2,28,34)(H,30,35)(H,36,37)(H2,29,31,32)/t16-/m0/s1. The molecule has 1 aromatic heterocycles. The Labute approximate surface area is 213 Å². The highest BCUT2D eigenvalue weighted by atomic mass is 19.1. The van der Waals surface area contributed by atoms with Gasteiger partial charge < -0.3 is 21.9 Å². The van der Waals surface area contributed by atoms with Crippen LogP contribution in [-0.2, 0) is 17.9 Å². The summed E-state index contributed by atoms with van der Waals surface area (Å²) in [6.45, 7) is 5.35. The van der Waals surface area contributed by atoms with Crippen LogP contribution in [-0.4, -0.2) is 44.3 Å². The van der Waals surface area contributed by atoms with Crippen molar-refractivity contribution in [1.29, 1.82) is 0 Å². The van der Waals surface area contributed by atoms with Crippen LogP contribution in [0.25, 0.3) is 0 Å². The molecule has 0 aliphatic heterocycles. The molecule has 194 valence electrons. The lowest BCUT2D eigenvalue weighted by Gasteiger charge is -2.28. The van der Waals surface area contributed by atoms with Crippen molar-refractivity contribution in [3.05, 3.63) is 87.5 Å². The molecule has 2 aromatic carbocycles. The zero-order valence-electron chi connectivity index (χ0n) is 20.8. The predicted octanol–water partition coefficient (Wildman–Crippen LogP) is 2.49. The molecule has 37 heavy (non-hydrogen) atoms. The van der Waals surface area contributed by atoms with E-state index in [1.165, 1.54) is 18.2 Å². The first-order chi connectivity index (χ1) is 17.4. The van der Waals surface area contributed by atoms with E-state index < -0.39 is 17.8 Å². The number of aromatic carboxylic acids is 1. The Kier molecular flexibility index (Phi) is 8.51. The number of amides is 2. The second-order valence-electron chi connectivity index (χ2n) is 8.80. The van der Waals surface area contributed by atoms with Gasteiger partial charge in [-0.05, 0) is 61.2 Å². The van der Waals surface area contributed by atoms with Crippen LogP contribution in [0, 0.1) is 19.7 Å². The first-order valence-corrected chi connectivity index (χ1v) is 11.5. The van der Waals surface area contributed by atoms with Gasteiger partial charge in [-0.2, -0.15) is 0 Å². The molecular weight excluding hydrogens is 479 g/mol. The number of rotatable bonds is 10. The lowest BCUT2D eigenvalue weighted by Crippen LogP contribution is -2.36. The van der Waals surface area contributed by atoms with Crippen LogP contribution in [0.2, 0.25) is 0 Å². The second kappa shape index (κ2) is 11.6. The lowest BCUT2D eigenvalue weighted by atomic mass is 10.00. The van der Waals surface area contributed by atoms with Crippen molar-refractivity contribution in [2.75, 3.05) is 12.3 Å². The van der Waals surface area contributed by atoms with Gasteiger partial charge in [-0.3, -0.25) is 14.5 Å². The predicted molar refractivity (Wildman–Crippen MR) is 135 cm³/mol. The average molecular weight is 509 g/mol. The summed E-state index contributed by atoms with van der Waals surface area (Å²) in [5, 5.41) is 12.0. The quantitative estimate of drug-likeness (QED) is 0.324. The summed E-state index contributed by atoms with van der Waals surface area (Å²) in [6, 6.07) is 10.6. The summed E-state index contributed by atoms with van der Waals surface area (Å²) in [5.41, 5.74) is 14.5. The van der Waals surface area contributed by atoms with E-state index in [9.17, 15) is 23.9 Å². The molecule has 0 radical (unpaired) electrons. The Morgan fingerprint density at radius 2 is 1.81 bits per heavy atom. The van der Waals surface area contributed by atoms with E-state index in [4.69, 9.17) is 11.5 Å². The third-order valence-electron chi connectivity index (χ3n) is 5.94. The fourth-order valence-corrected chi connectivity index (χ4v) is 3.94. The molecule has 11 heteroatoms. The normalized spacial score (nSPS) is 11.8. The topological polar surface area (TPSA) is 165 Å². The number of halogens is 1. The van der Waals surface area contributed by atoms with Gasteiger partial charge in [0.15, 0.2) is 0 Å². The highest BCUT2D eigenvalue weighted by molar-refractivity contribution is 5.92. The number of carboxylic acid groups (broad SMARTS) is 1. The van der Waals surface area contributed by atoms with Crippen molar-refractivity contribution in [3.63, 3.8) is 0 Å². The van der Waals surface area contributed by atoms with Crippen LogP contribution in [0.15, 0.2) is 42.5 Å². The van der Waals surface area contributed by atoms with Crippen LogP contribution in [0.4, 0.5) is 10.3 Å². The molecule has 10 nitrogen and oxygen atoms in total. The van der Waals surface area contributed by atoms with Crippen LogP contribution >= 0.6 is 0 Å². The van der Waals surface area contributed by atoms with Gasteiger partial charge >= 0.3 is 5.97 Å². The maximum atomic E-state index is 13.5. The van der Waals surface area contributed by atoms with Gasteiger partial charge in [0.2, 0.25) is 11.9 Å². The molecule has 1 heterocycles. The van der Waals surface area contributed by atoms with Crippen molar-refractivity contribution in [3.8, 4) is 0 Å². The number of hydrogen-bond acceptors (Lipinski definition) is 7. The summed E-state index contributed by atoms with van der Waals surface area (Å²) in [5.74, 6) is -2.53. The highest BCUT2D eigenvalue weighted by Crippen LogP contribution is 2.24. The maximum absolute atomic E-state index is 13.5. The molecule has 0 fully saturated rings. The first kappa shape index (κ1) is 27.2. The Hall–Kier alpha value is -4.38. The van der Waals surface area contributed by atoms with Gasteiger partial charge in [0.1, 0.15) is 11.5 Å². The van der Waals surface area contributed by atoms with Gasteiger partial charge in [-0.25, -0.2) is 19.2 Å². The molecule has 1 atom stereocenters. The minimum absolute atomic E-state index is 0.0367. The summed E-state index contributed by atoms with van der Waals surface area (Å²) in [7, 11) is 0. The molecule has 2 amide bonds. The largest absolute Gasteiger partial charge is 0.478 e. The Balaban J connectivity index is 1.80. The fourth-order valence-electron chi connectivity index (χ4n) is 3.94. The lowest BCUT2D eigenvalue weighted by molar-refractivity contribution is -0.119. The van der Waals surface area contributed by atoms with E-state index >= 15 is 0 Å². The molecule has 0 unspecified atom stereocenters. The van der Waals surface area contributed by atoms with Gasteiger partial charge in [0.05, 0.1) is 17.8 Å². The first-order valence-electron chi connectivity index (χ1n) is 11.5. The number of carboxylic acids is 1. The molecule has 0 saturated heterocycles. The average Bonchev–Trinajstić information content (AvgIpc) is 2.82. The smallest absolute Gasteiger partial charge is 0.335 e. The zero-order chi connectivity index (χ0) is 27.3. The Morgan fingerprint density at radius 1 is 1.08 bits per heavy atom. The minimum Gasteiger partial charge on any atom is -0.478 e. The number of primary amides is 1. The molecular formula is C26H29FN6O4. The van der Waals surface area contributed by atoms with Crippen molar-refractivity contribution in [2.24, 2.45) is 5.73 Å². The number of nitrogens with two attached hydrogens (primary N) is 2. The van der Waals surface area contributed by atoms with Crippen molar-refractivity contribution < 1.29 is 23.9 Å².